The van der Waals surface area contributed by atoms with Crippen LogP contribution >= 0.6 is 11.6 Å². The first kappa shape index (κ1) is 46.5. The second kappa shape index (κ2) is 20.7. The number of hydrogen-bond acceptors (Lipinski definition) is 11. The third kappa shape index (κ3) is 10.9. The van der Waals surface area contributed by atoms with Gasteiger partial charge in [-0.05, 0) is 95.5 Å². The molecule has 1 amide bonds. The van der Waals surface area contributed by atoms with Crippen molar-refractivity contribution in [2.75, 3.05) is 27.9 Å². The number of aliphatic hydroxyl groups is 2. The molecule has 0 radical (unpaired) electrons. The molecule has 318 valence electrons. The number of aliphatic hydroxyl groups excluding tert-OH is 1. The monoisotopic (exact) mass is 809 g/mol. The molecule has 12 nitrogen and oxygen atoms in total. The van der Waals surface area contributed by atoms with Crippen LogP contribution in [0.25, 0.3) is 0 Å². The summed E-state index contributed by atoms with van der Waals surface area (Å²) in [6.45, 7) is 11.3. The van der Waals surface area contributed by atoms with Crippen molar-refractivity contribution < 1.29 is 53.1 Å². The third-order valence-corrected chi connectivity index (χ3v) is 13.3. The molecule has 13 heteroatoms. The van der Waals surface area contributed by atoms with E-state index in [1.165, 1.54) is 19.1 Å². The van der Waals surface area contributed by atoms with E-state index in [9.17, 15) is 29.4 Å². The third-order valence-electron chi connectivity index (χ3n) is 12.8. The molecule has 11 unspecified atom stereocenters. The summed E-state index contributed by atoms with van der Waals surface area (Å²) in [5.41, 5.74) is 1.71. The lowest BCUT2D eigenvalue weighted by molar-refractivity contribution is -0.302. The summed E-state index contributed by atoms with van der Waals surface area (Å²) >= 11 is 6.52. The molecular weight excluding hydrogens is 742 g/mol. The number of ketones is 2. The van der Waals surface area contributed by atoms with Gasteiger partial charge in [0.1, 0.15) is 24.0 Å². The van der Waals surface area contributed by atoms with Gasteiger partial charge in [-0.25, -0.2) is 4.79 Å². The number of amides is 1. The first-order valence-corrected chi connectivity index (χ1v) is 21.2. The minimum absolute atomic E-state index is 0.0425. The Bertz CT molecular complexity index is 1440. The van der Waals surface area contributed by atoms with Crippen molar-refractivity contribution in [2.45, 2.75) is 166 Å². The Balaban J connectivity index is 1.76. The summed E-state index contributed by atoms with van der Waals surface area (Å²) in [7, 11) is 4.71. The maximum absolute atomic E-state index is 14.3. The van der Waals surface area contributed by atoms with Crippen LogP contribution in [0.1, 0.15) is 112 Å². The van der Waals surface area contributed by atoms with Gasteiger partial charge in [-0.2, -0.15) is 0 Å². The van der Waals surface area contributed by atoms with E-state index >= 15 is 0 Å². The Morgan fingerprint density at radius 2 is 1.62 bits per heavy atom. The van der Waals surface area contributed by atoms with Crippen LogP contribution in [0.5, 0.6) is 0 Å². The fourth-order valence-electron chi connectivity index (χ4n) is 9.36. The predicted molar refractivity (Wildman–Crippen MR) is 212 cm³/mol. The van der Waals surface area contributed by atoms with Crippen molar-refractivity contribution in [2.24, 2.45) is 29.6 Å². The van der Waals surface area contributed by atoms with Crippen LogP contribution in [0.4, 0.5) is 0 Å². The Hall–Kier alpha value is -2.19. The Labute approximate surface area is 339 Å². The number of fused-ring (bicyclic) bond motifs is 3. The largest absolute Gasteiger partial charge is 0.456 e. The van der Waals surface area contributed by atoms with E-state index in [-0.39, 0.29) is 54.9 Å². The van der Waals surface area contributed by atoms with Crippen molar-refractivity contribution in [3.63, 3.8) is 0 Å². The van der Waals surface area contributed by atoms with Gasteiger partial charge >= 0.3 is 5.97 Å². The molecule has 4 aliphatic rings. The van der Waals surface area contributed by atoms with Gasteiger partial charge in [0.2, 0.25) is 5.79 Å². The number of alkyl halides is 1. The molecule has 0 aromatic rings. The molecule has 3 fully saturated rings. The lowest BCUT2D eigenvalue weighted by Gasteiger charge is -2.47. The number of carbonyl (C=O) groups excluding carboxylic acids is 4. The average molecular weight is 810 g/mol. The number of methoxy groups -OCH3 is 3. The highest BCUT2D eigenvalue weighted by molar-refractivity contribution is 6.39. The molecule has 3 heterocycles. The highest BCUT2D eigenvalue weighted by atomic mass is 35.5. The van der Waals surface area contributed by atoms with Crippen LogP contribution in [-0.2, 0) is 42.9 Å². The van der Waals surface area contributed by atoms with E-state index in [0.717, 1.165) is 18.4 Å². The summed E-state index contributed by atoms with van der Waals surface area (Å²) in [6, 6.07) is -1.12. The van der Waals surface area contributed by atoms with Gasteiger partial charge in [-0.15, -0.1) is 11.6 Å². The van der Waals surface area contributed by atoms with E-state index in [2.05, 4.69) is 6.92 Å². The molecule has 2 N–H and O–H groups in total. The molecule has 14 atom stereocenters. The van der Waals surface area contributed by atoms with Crippen LogP contribution in [0, 0.1) is 29.6 Å². The molecule has 2 bridgehead atoms. The second-order valence-electron chi connectivity index (χ2n) is 17.1. The van der Waals surface area contributed by atoms with Crippen LogP contribution in [0.3, 0.4) is 0 Å². The summed E-state index contributed by atoms with van der Waals surface area (Å²) in [5, 5.41) is 23.6. The smallest absolute Gasteiger partial charge is 0.329 e. The zero-order chi connectivity index (χ0) is 41.5. The fraction of sp³-hybridized carbons (Fsp3) is 0.814. The number of cyclic esters (lactones) is 1. The van der Waals surface area contributed by atoms with E-state index in [4.69, 9.17) is 35.3 Å². The van der Waals surface area contributed by atoms with Gasteiger partial charge in [-0.3, -0.25) is 14.4 Å². The van der Waals surface area contributed by atoms with E-state index in [1.54, 1.807) is 21.0 Å². The Morgan fingerprint density at radius 1 is 0.964 bits per heavy atom. The van der Waals surface area contributed by atoms with Crippen LogP contribution in [0.15, 0.2) is 23.3 Å². The SMILES string of the molecule is CCC1C=C(C)CC(C)CC(OC)[C@@H]2O[C@@](O)(C(=O)C(=O)N3CCCC[C@@H]3C(=O)OC(C(C)=CC3CCC(Cl)C(OC)C3)C(C)C(O)CC1=O)C(C)CC2OC. The van der Waals surface area contributed by atoms with E-state index in [1.807, 2.05) is 32.9 Å². The molecular formula is C43H68ClNO11. The van der Waals surface area contributed by atoms with Crippen molar-refractivity contribution >= 4 is 35.0 Å². The lowest BCUT2D eigenvalue weighted by atomic mass is 9.82. The zero-order valence-corrected chi connectivity index (χ0v) is 35.8. The topological polar surface area (TPSA) is 158 Å². The number of carbonyl (C=O) groups is 4. The highest BCUT2D eigenvalue weighted by Crippen LogP contribution is 2.39. The Kier molecular flexibility index (Phi) is 17.2. The number of esters is 1. The summed E-state index contributed by atoms with van der Waals surface area (Å²) in [4.78, 5) is 57.7. The number of hydrogen-bond donors (Lipinski definition) is 2. The van der Waals surface area contributed by atoms with Crippen molar-refractivity contribution in [1.29, 1.82) is 0 Å². The van der Waals surface area contributed by atoms with E-state index < -0.39 is 77.8 Å². The summed E-state index contributed by atoms with van der Waals surface area (Å²) < 4.78 is 29.9. The van der Waals surface area contributed by atoms with Crippen LogP contribution < -0.4 is 0 Å². The Morgan fingerprint density at radius 3 is 2.27 bits per heavy atom. The maximum atomic E-state index is 14.3. The van der Waals surface area contributed by atoms with Gasteiger partial charge < -0.3 is 38.8 Å². The number of halogens is 1. The highest BCUT2D eigenvalue weighted by Gasteiger charge is 2.56. The minimum Gasteiger partial charge on any atom is -0.456 e. The maximum Gasteiger partial charge on any atom is 0.329 e. The van der Waals surface area contributed by atoms with Gasteiger partial charge in [0.25, 0.3) is 11.7 Å². The molecule has 0 aromatic carbocycles. The average Bonchev–Trinajstić information content (AvgIpc) is 3.18. The van der Waals surface area contributed by atoms with Gasteiger partial charge in [0.15, 0.2) is 0 Å². The van der Waals surface area contributed by atoms with Crippen LogP contribution in [-0.4, -0.2) is 120 Å². The normalized spacial score (nSPS) is 40.6. The predicted octanol–water partition coefficient (Wildman–Crippen LogP) is 5.72. The molecule has 2 saturated heterocycles. The van der Waals surface area contributed by atoms with Crippen LogP contribution in [0.2, 0.25) is 0 Å². The van der Waals surface area contributed by atoms with Gasteiger partial charge in [0.05, 0.1) is 29.8 Å². The number of allylic oxidation sites excluding steroid dienone is 3. The number of rotatable bonds is 6. The fourth-order valence-corrected chi connectivity index (χ4v) is 9.69. The molecule has 4 rings (SSSR count). The second-order valence-corrected chi connectivity index (χ2v) is 17.7. The molecule has 1 saturated carbocycles. The van der Waals surface area contributed by atoms with E-state index in [0.29, 0.717) is 44.1 Å². The molecule has 0 aromatic heterocycles. The minimum atomic E-state index is -2.49. The summed E-state index contributed by atoms with van der Waals surface area (Å²) in [6.07, 6.45) is 5.16. The first-order chi connectivity index (χ1) is 26.5. The van der Waals surface area contributed by atoms with Crippen molar-refractivity contribution in [3.05, 3.63) is 23.3 Å². The molecule has 56 heavy (non-hydrogen) atoms. The number of piperidine rings is 1. The zero-order valence-electron chi connectivity index (χ0n) is 35.0. The number of Topliss-reactive ketones (excluding diaryl/α,β-unsaturated/α-hetero) is 2. The summed E-state index contributed by atoms with van der Waals surface area (Å²) in [5.74, 6) is -7.31. The lowest BCUT2D eigenvalue weighted by Crippen LogP contribution is -2.64. The first-order valence-electron chi connectivity index (χ1n) is 20.7. The molecule has 1 aliphatic carbocycles. The quantitative estimate of drug-likeness (QED) is 0.146. The number of ether oxygens (including phenoxy) is 5. The van der Waals surface area contributed by atoms with Crippen molar-refractivity contribution in [3.8, 4) is 0 Å². The van der Waals surface area contributed by atoms with Crippen molar-refractivity contribution in [1.82, 2.24) is 4.90 Å². The number of nitrogens with zero attached hydrogens (tertiary/aromatic N) is 1. The molecule has 0 spiro atoms. The van der Waals surface area contributed by atoms with Gasteiger partial charge in [0, 0.05) is 52.0 Å². The standard InChI is InChI=1S/C43H68ClNO11/c1-10-30-18-24(2)17-25(3)19-36(53-8)39-37(54-9)21-27(5)43(51,56-39)40(48)41(49)45-16-12-11-13-32(45)42(50)55-38(28(6)33(46)23-34(30)47)26(4)20-29-14-15-31(44)35(22-29)52-7/h18,20,25,27-33,35-39,46,51H,10-17,19,21-23H2,1-9H3/t25?,27?,28?,29?,30?,31?,32-,33?,35?,36?,37?,38?,39+,43-/m1/s1. The van der Waals surface area contributed by atoms with Gasteiger partial charge in [-0.1, -0.05) is 45.4 Å². The molecule has 3 aliphatic heterocycles.